The summed E-state index contributed by atoms with van der Waals surface area (Å²) >= 11 is 5.64. The second kappa shape index (κ2) is 7.46. The van der Waals surface area contributed by atoms with Crippen LogP contribution in [0.15, 0.2) is 18.2 Å². The molecule has 0 unspecified atom stereocenters. The third-order valence-corrected chi connectivity index (χ3v) is 3.24. The standard InChI is InChI=1S/C14H19ClFNO2/c1-10(2)17(7-3-4-14(18)19)9-11-5-6-12(15)13(16)8-11/h5-6,8,10H,3-4,7,9H2,1-2H3,(H,18,19). The van der Waals surface area contributed by atoms with Crippen LogP contribution < -0.4 is 0 Å². The molecule has 0 aliphatic rings. The van der Waals surface area contributed by atoms with E-state index in [-0.39, 0.29) is 17.5 Å². The molecule has 0 heterocycles. The predicted octanol–water partition coefficient (Wildman–Crippen LogP) is 3.55. The topological polar surface area (TPSA) is 40.5 Å². The first-order valence-electron chi connectivity index (χ1n) is 6.30. The van der Waals surface area contributed by atoms with Gasteiger partial charge in [0.2, 0.25) is 0 Å². The highest BCUT2D eigenvalue weighted by Crippen LogP contribution is 2.17. The molecule has 1 aromatic carbocycles. The summed E-state index contributed by atoms with van der Waals surface area (Å²) < 4.78 is 13.4. The molecular formula is C14H19ClFNO2. The van der Waals surface area contributed by atoms with Crippen LogP contribution in [0, 0.1) is 5.82 Å². The van der Waals surface area contributed by atoms with Crippen molar-refractivity contribution < 1.29 is 14.3 Å². The number of carboxylic acid groups (broad SMARTS) is 1. The average Bonchev–Trinajstić information content (AvgIpc) is 2.32. The molecule has 3 nitrogen and oxygen atoms in total. The summed E-state index contributed by atoms with van der Waals surface area (Å²) in [4.78, 5) is 12.6. The minimum absolute atomic E-state index is 0.116. The maximum absolute atomic E-state index is 13.4. The summed E-state index contributed by atoms with van der Waals surface area (Å²) in [5, 5.41) is 8.76. The molecule has 19 heavy (non-hydrogen) atoms. The van der Waals surface area contributed by atoms with Crippen LogP contribution in [0.3, 0.4) is 0 Å². The number of benzene rings is 1. The lowest BCUT2D eigenvalue weighted by molar-refractivity contribution is -0.137. The smallest absolute Gasteiger partial charge is 0.303 e. The quantitative estimate of drug-likeness (QED) is 0.834. The highest BCUT2D eigenvalue weighted by molar-refractivity contribution is 6.30. The molecule has 0 amide bonds. The summed E-state index contributed by atoms with van der Waals surface area (Å²) in [6.07, 6.45) is 0.738. The second-order valence-electron chi connectivity index (χ2n) is 4.81. The van der Waals surface area contributed by atoms with Crippen molar-refractivity contribution in [2.24, 2.45) is 0 Å². The number of nitrogens with zero attached hydrogens (tertiary/aromatic N) is 1. The van der Waals surface area contributed by atoms with Gasteiger partial charge in [-0.05, 0) is 44.5 Å². The number of aliphatic carboxylic acids is 1. The molecule has 0 aliphatic heterocycles. The Labute approximate surface area is 118 Å². The zero-order valence-corrected chi connectivity index (χ0v) is 12.0. The van der Waals surface area contributed by atoms with E-state index in [4.69, 9.17) is 16.7 Å². The van der Waals surface area contributed by atoms with Crippen LogP contribution in [-0.4, -0.2) is 28.6 Å². The van der Waals surface area contributed by atoms with Crippen molar-refractivity contribution in [2.45, 2.75) is 39.3 Å². The molecule has 1 rings (SSSR count). The highest BCUT2D eigenvalue weighted by atomic mass is 35.5. The number of hydrogen-bond acceptors (Lipinski definition) is 2. The fourth-order valence-corrected chi connectivity index (χ4v) is 1.94. The zero-order valence-electron chi connectivity index (χ0n) is 11.2. The maximum atomic E-state index is 13.4. The van der Waals surface area contributed by atoms with E-state index in [0.29, 0.717) is 19.5 Å². The Bertz CT molecular complexity index is 437. The molecule has 1 aromatic rings. The van der Waals surface area contributed by atoms with Crippen molar-refractivity contribution >= 4 is 17.6 Å². The van der Waals surface area contributed by atoms with E-state index >= 15 is 0 Å². The lowest BCUT2D eigenvalue weighted by atomic mass is 10.1. The van der Waals surface area contributed by atoms with Gasteiger partial charge in [-0.15, -0.1) is 0 Å². The van der Waals surface area contributed by atoms with Gasteiger partial charge in [-0.1, -0.05) is 17.7 Å². The summed E-state index contributed by atoms with van der Waals surface area (Å²) in [5.74, 6) is -1.21. The molecule has 0 aliphatic carbocycles. The summed E-state index contributed by atoms with van der Waals surface area (Å²) in [5.41, 5.74) is 0.839. The van der Waals surface area contributed by atoms with Crippen molar-refractivity contribution in [2.75, 3.05) is 6.54 Å². The van der Waals surface area contributed by atoms with E-state index in [0.717, 1.165) is 5.56 Å². The molecule has 1 N–H and O–H groups in total. The van der Waals surface area contributed by atoms with Crippen LogP contribution in [0.1, 0.15) is 32.3 Å². The molecule has 0 fully saturated rings. The van der Waals surface area contributed by atoms with Crippen LogP contribution in [-0.2, 0) is 11.3 Å². The van der Waals surface area contributed by atoms with Gasteiger partial charge in [0.1, 0.15) is 5.82 Å². The van der Waals surface area contributed by atoms with Crippen LogP contribution in [0.4, 0.5) is 4.39 Å². The number of halogens is 2. The Balaban J connectivity index is 2.62. The number of carbonyl (C=O) groups is 1. The Kier molecular flexibility index (Phi) is 6.25. The van der Waals surface area contributed by atoms with Gasteiger partial charge in [-0.3, -0.25) is 9.69 Å². The first kappa shape index (κ1) is 15.9. The van der Waals surface area contributed by atoms with Crippen molar-refractivity contribution in [3.8, 4) is 0 Å². The lowest BCUT2D eigenvalue weighted by Gasteiger charge is -2.26. The summed E-state index contributed by atoms with van der Waals surface area (Å²) in [6.45, 7) is 5.33. The van der Waals surface area contributed by atoms with E-state index in [1.165, 1.54) is 6.07 Å². The third kappa shape index (κ3) is 5.57. The Morgan fingerprint density at radius 1 is 1.47 bits per heavy atom. The van der Waals surface area contributed by atoms with Crippen LogP contribution in [0.25, 0.3) is 0 Å². The molecule has 0 bridgehead atoms. The van der Waals surface area contributed by atoms with Crippen LogP contribution >= 0.6 is 11.6 Å². The SMILES string of the molecule is CC(C)N(CCCC(=O)O)Cc1ccc(Cl)c(F)c1. The van der Waals surface area contributed by atoms with Gasteiger partial charge in [0, 0.05) is 19.0 Å². The number of rotatable bonds is 7. The summed E-state index contributed by atoms with van der Waals surface area (Å²) in [6, 6.07) is 5.03. The normalized spacial score (nSPS) is 11.3. The first-order valence-corrected chi connectivity index (χ1v) is 6.67. The Hall–Kier alpha value is -1.13. The van der Waals surface area contributed by atoms with Gasteiger partial charge < -0.3 is 5.11 Å². The molecule has 0 saturated carbocycles. The van der Waals surface area contributed by atoms with Gasteiger partial charge in [-0.2, -0.15) is 0 Å². The van der Waals surface area contributed by atoms with Crippen LogP contribution in [0.2, 0.25) is 5.02 Å². The minimum Gasteiger partial charge on any atom is -0.481 e. The van der Waals surface area contributed by atoms with Crippen molar-refractivity contribution in [1.29, 1.82) is 0 Å². The molecule has 0 spiro atoms. The Morgan fingerprint density at radius 3 is 2.68 bits per heavy atom. The highest BCUT2D eigenvalue weighted by Gasteiger charge is 2.12. The number of hydrogen-bond donors (Lipinski definition) is 1. The minimum atomic E-state index is -0.791. The third-order valence-electron chi connectivity index (χ3n) is 2.94. The van der Waals surface area contributed by atoms with Gasteiger partial charge >= 0.3 is 5.97 Å². The zero-order chi connectivity index (χ0) is 14.4. The molecular weight excluding hydrogens is 269 g/mol. The number of carboxylic acids is 1. The fourth-order valence-electron chi connectivity index (χ4n) is 1.83. The van der Waals surface area contributed by atoms with E-state index in [1.807, 2.05) is 13.8 Å². The molecule has 5 heteroatoms. The largest absolute Gasteiger partial charge is 0.481 e. The van der Waals surface area contributed by atoms with Crippen molar-refractivity contribution in [1.82, 2.24) is 4.90 Å². The molecule has 106 valence electrons. The van der Waals surface area contributed by atoms with E-state index in [2.05, 4.69) is 4.90 Å². The fraction of sp³-hybridized carbons (Fsp3) is 0.500. The first-order chi connectivity index (χ1) is 8.90. The van der Waals surface area contributed by atoms with Gasteiger partial charge in [0.05, 0.1) is 5.02 Å². The van der Waals surface area contributed by atoms with E-state index in [1.54, 1.807) is 12.1 Å². The molecule has 0 radical (unpaired) electrons. The maximum Gasteiger partial charge on any atom is 0.303 e. The summed E-state index contributed by atoms with van der Waals surface area (Å²) in [7, 11) is 0. The molecule has 0 saturated heterocycles. The van der Waals surface area contributed by atoms with Crippen molar-refractivity contribution in [3.63, 3.8) is 0 Å². The Morgan fingerprint density at radius 2 is 2.16 bits per heavy atom. The van der Waals surface area contributed by atoms with Crippen molar-refractivity contribution in [3.05, 3.63) is 34.6 Å². The average molecular weight is 288 g/mol. The second-order valence-corrected chi connectivity index (χ2v) is 5.22. The monoisotopic (exact) mass is 287 g/mol. The van der Waals surface area contributed by atoms with Gasteiger partial charge in [0.15, 0.2) is 0 Å². The van der Waals surface area contributed by atoms with Crippen LogP contribution in [0.5, 0.6) is 0 Å². The lowest BCUT2D eigenvalue weighted by Crippen LogP contribution is -2.31. The van der Waals surface area contributed by atoms with Gasteiger partial charge in [-0.25, -0.2) is 4.39 Å². The van der Waals surface area contributed by atoms with E-state index in [9.17, 15) is 9.18 Å². The van der Waals surface area contributed by atoms with E-state index < -0.39 is 11.8 Å². The van der Waals surface area contributed by atoms with Gasteiger partial charge in [0.25, 0.3) is 0 Å². The predicted molar refractivity (Wildman–Crippen MR) is 73.8 cm³/mol. The molecule has 0 atom stereocenters. The molecule has 0 aromatic heterocycles.